The Morgan fingerprint density at radius 1 is 1.03 bits per heavy atom. The lowest BCUT2D eigenvalue weighted by molar-refractivity contribution is 0.131. The van der Waals surface area contributed by atoms with Gasteiger partial charge in [-0.3, -0.25) is 0 Å². The lowest BCUT2D eigenvalue weighted by Crippen LogP contribution is -2.57. The molecule has 0 amide bonds. The molecule has 2 aliphatic heterocycles. The topological polar surface area (TPSA) is 56.7 Å². The molecule has 0 saturated carbocycles. The Balaban J connectivity index is 1.69. The summed E-state index contributed by atoms with van der Waals surface area (Å²) in [5.74, 6) is 1.74. The van der Waals surface area contributed by atoms with Gasteiger partial charge in [0.05, 0.1) is 36.6 Å². The van der Waals surface area contributed by atoms with Gasteiger partial charge in [0.1, 0.15) is 22.5 Å². The van der Waals surface area contributed by atoms with Crippen LogP contribution < -0.4 is 14.4 Å². The van der Waals surface area contributed by atoms with Crippen molar-refractivity contribution < 1.29 is 14.2 Å². The van der Waals surface area contributed by atoms with Crippen LogP contribution in [0.5, 0.6) is 11.5 Å². The number of pyridine rings is 2. The maximum absolute atomic E-state index is 6.66. The maximum atomic E-state index is 6.66. The number of hydrogen-bond donors (Lipinski definition) is 0. The Labute approximate surface area is 195 Å². The van der Waals surface area contributed by atoms with E-state index < -0.39 is 0 Å². The van der Waals surface area contributed by atoms with Crippen LogP contribution in [0, 0.1) is 5.41 Å². The van der Waals surface area contributed by atoms with E-state index in [0.717, 1.165) is 49.3 Å². The Morgan fingerprint density at radius 3 is 2.35 bits per heavy atom. The number of aromatic nitrogens is 2. The second kappa shape index (κ2) is 7.85. The number of rotatable bonds is 4. The van der Waals surface area contributed by atoms with Gasteiger partial charge in [0, 0.05) is 53.7 Å². The van der Waals surface area contributed by atoms with E-state index in [4.69, 9.17) is 54.0 Å². The van der Waals surface area contributed by atoms with Crippen LogP contribution in [0.3, 0.4) is 0 Å². The number of anilines is 1. The van der Waals surface area contributed by atoms with Crippen molar-refractivity contribution in [3.05, 3.63) is 39.6 Å². The summed E-state index contributed by atoms with van der Waals surface area (Å²) in [5.41, 5.74) is 1.37. The number of halogens is 3. The Bertz CT molecular complexity index is 1150. The summed E-state index contributed by atoms with van der Waals surface area (Å²) in [5, 5.41) is 2.98. The van der Waals surface area contributed by atoms with Gasteiger partial charge < -0.3 is 19.1 Å². The SMILES string of the molecule is COc1cc(OC)c(Cl)c(-c2cc3cnc(Cl)cc3c(N3CC4(CCOC4)C3)n2)c1Cl. The largest absolute Gasteiger partial charge is 0.495 e. The highest BCUT2D eigenvalue weighted by molar-refractivity contribution is 6.41. The van der Waals surface area contributed by atoms with E-state index in [1.165, 1.54) is 0 Å². The van der Waals surface area contributed by atoms with E-state index in [1.807, 2.05) is 12.1 Å². The molecular weight excluding hydrogens is 461 g/mol. The van der Waals surface area contributed by atoms with E-state index in [1.54, 1.807) is 26.5 Å². The monoisotopic (exact) mass is 479 g/mol. The van der Waals surface area contributed by atoms with Gasteiger partial charge in [-0.25, -0.2) is 9.97 Å². The Morgan fingerprint density at radius 2 is 1.74 bits per heavy atom. The molecule has 0 aliphatic carbocycles. The molecule has 0 unspecified atom stereocenters. The Hall–Kier alpha value is -1.99. The number of ether oxygens (including phenoxy) is 3. The van der Waals surface area contributed by atoms with Crippen LogP contribution >= 0.6 is 34.8 Å². The van der Waals surface area contributed by atoms with Crippen LogP contribution in [0.15, 0.2) is 24.4 Å². The predicted molar refractivity (Wildman–Crippen MR) is 123 cm³/mol. The molecule has 5 rings (SSSR count). The lowest BCUT2D eigenvalue weighted by atomic mass is 9.79. The number of benzene rings is 1. The van der Waals surface area contributed by atoms with Crippen LogP contribution in [-0.4, -0.2) is 50.5 Å². The first kappa shape index (κ1) is 20.9. The van der Waals surface area contributed by atoms with Crippen molar-refractivity contribution >= 4 is 51.4 Å². The van der Waals surface area contributed by atoms with Crippen molar-refractivity contribution in [1.82, 2.24) is 9.97 Å². The smallest absolute Gasteiger partial charge is 0.141 e. The van der Waals surface area contributed by atoms with Crippen molar-refractivity contribution in [3.63, 3.8) is 0 Å². The van der Waals surface area contributed by atoms with Gasteiger partial charge in [-0.15, -0.1) is 0 Å². The van der Waals surface area contributed by atoms with Crippen LogP contribution in [0.4, 0.5) is 5.82 Å². The summed E-state index contributed by atoms with van der Waals surface area (Å²) >= 11 is 19.5. The standard InChI is InChI=1S/C22H20Cl3N3O3/c1-29-15-7-16(30-2)20(25)18(19(15)24)14-5-12-8-26-17(23)6-13(12)21(27-14)28-9-22(10-28)3-4-31-11-22/h5-8H,3-4,9-11H2,1-2H3. The van der Waals surface area contributed by atoms with Gasteiger partial charge >= 0.3 is 0 Å². The van der Waals surface area contributed by atoms with Crippen LogP contribution in [-0.2, 0) is 4.74 Å². The fourth-order valence-electron chi connectivity index (χ4n) is 4.39. The number of hydrogen-bond acceptors (Lipinski definition) is 6. The maximum Gasteiger partial charge on any atom is 0.141 e. The number of nitrogens with zero attached hydrogens (tertiary/aromatic N) is 3. The molecule has 0 bridgehead atoms. The van der Waals surface area contributed by atoms with E-state index in [9.17, 15) is 0 Å². The fourth-order valence-corrected chi connectivity index (χ4v) is 5.25. The first-order chi connectivity index (χ1) is 14.9. The van der Waals surface area contributed by atoms with Gasteiger partial charge in [-0.05, 0) is 18.6 Å². The summed E-state index contributed by atoms with van der Waals surface area (Å²) in [6.07, 6.45) is 2.80. The number of methoxy groups -OCH3 is 2. The second-order valence-corrected chi connectivity index (χ2v) is 9.15. The quantitative estimate of drug-likeness (QED) is 0.460. The lowest BCUT2D eigenvalue weighted by Gasteiger charge is -2.48. The molecular formula is C22H20Cl3N3O3. The average molecular weight is 481 g/mol. The van der Waals surface area contributed by atoms with Gasteiger partial charge in [-0.1, -0.05) is 34.8 Å². The van der Waals surface area contributed by atoms with Crippen molar-refractivity contribution in [1.29, 1.82) is 0 Å². The molecule has 6 nitrogen and oxygen atoms in total. The van der Waals surface area contributed by atoms with E-state index >= 15 is 0 Å². The van der Waals surface area contributed by atoms with E-state index in [0.29, 0.717) is 38.0 Å². The third kappa shape index (κ3) is 3.46. The molecule has 1 spiro atoms. The highest BCUT2D eigenvalue weighted by atomic mass is 35.5. The minimum atomic E-state index is 0.204. The highest BCUT2D eigenvalue weighted by Crippen LogP contribution is 2.48. The zero-order chi connectivity index (χ0) is 21.8. The first-order valence-electron chi connectivity index (χ1n) is 9.84. The zero-order valence-corrected chi connectivity index (χ0v) is 19.3. The van der Waals surface area contributed by atoms with Crippen LogP contribution in [0.1, 0.15) is 6.42 Å². The molecule has 2 fully saturated rings. The third-order valence-electron chi connectivity index (χ3n) is 6.03. The molecule has 2 saturated heterocycles. The van der Waals surface area contributed by atoms with Crippen molar-refractivity contribution in [3.8, 4) is 22.8 Å². The van der Waals surface area contributed by atoms with Crippen molar-refractivity contribution in [2.45, 2.75) is 6.42 Å². The van der Waals surface area contributed by atoms with Crippen molar-refractivity contribution in [2.75, 3.05) is 45.4 Å². The van der Waals surface area contributed by atoms with Gasteiger partial charge in [0.15, 0.2) is 0 Å². The van der Waals surface area contributed by atoms with E-state index in [-0.39, 0.29) is 5.41 Å². The summed E-state index contributed by atoms with van der Waals surface area (Å²) in [4.78, 5) is 11.5. The highest BCUT2D eigenvalue weighted by Gasteiger charge is 2.46. The molecule has 162 valence electrons. The first-order valence-corrected chi connectivity index (χ1v) is 11.0. The van der Waals surface area contributed by atoms with Gasteiger partial charge in [0.25, 0.3) is 0 Å². The average Bonchev–Trinajstić information content (AvgIpc) is 3.23. The minimum Gasteiger partial charge on any atom is -0.495 e. The van der Waals surface area contributed by atoms with E-state index in [2.05, 4.69) is 9.88 Å². The Kier molecular flexibility index (Phi) is 5.29. The van der Waals surface area contributed by atoms with Crippen LogP contribution in [0.2, 0.25) is 15.2 Å². The molecule has 2 aliphatic rings. The second-order valence-electron chi connectivity index (χ2n) is 8.00. The summed E-state index contributed by atoms with van der Waals surface area (Å²) in [6, 6.07) is 5.41. The van der Waals surface area contributed by atoms with Crippen molar-refractivity contribution in [2.24, 2.45) is 5.41 Å². The zero-order valence-electron chi connectivity index (χ0n) is 17.0. The number of fused-ring (bicyclic) bond motifs is 1. The molecule has 31 heavy (non-hydrogen) atoms. The predicted octanol–water partition coefficient (Wildman–Crippen LogP) is 5.50. The van der Waals surface area contributed by atoms with Gasteiger partial charge in [-0.2, -0.15) is 0 Å². The minimum absolute atomic E-state index is 0.204. The summed E-state index contributed by atoms with van der Waals surface area (Å²) in [7, 11) is 3.10. The molecule has 4 heterocycles. The molecule has 0 atom stereocenters. The molecule has 9 heteroatoms. The molecule has 0 radical (unpaired) electrons. The molecule has 2 aromatic heterocycles. The molecule has 3 aromatic rings. The molecule has 0 N–H and O–H groups in total. The fraction of sp³-hybridized carbons (Fsp3) is 0.364. The third-order valence-corrected chi connectivity index (χ3v) is 6.98. The normalized spacial score (nSPS) is 17.3. The van der Waals surface area contributed by atoms with Crippen LogP contribution in [0.25, 0.3) is 22.0 Å². The summed E-state index contributed by atoms with van der Waals surface area (Å²) < 4.78 is 16.5. The molecule has 1 aromatic carbocycles. The van der Waals surface area contributed by atoms with Gasteiger partial charge in [0.2, 0.25) is 0 Å². The summed E-state index contributed by atoms with van der Waals surface area (Å²) in [6.45, 7) is 3.35.